The van der Waals surface area contributed by atoms with Crippen molar-refractivity contribution in [1.29, 1.82) is 0 Å². The maximum Gasteiger partial charge on any atom is 0.416 e. The van der Waals surface area contributed by atoms with Crippen molar-refractivity contribution in [1.82, 2.24) is 4.57 Å². The molecular formula is C15H17F3N2. The fraction of sp³-hybridized carbons (Fsp3) is 0.333. The average Bonchev–Trinajstić information content (AvgIpc) is 2.63. The van der Waals surface area contributed by atoms with E-state index in [2.05, 4.69) is 9.88 Å². The highest BCUT2D eigenvalue weighted by Crippen LogP contribution is 2.30. The first-order valence-electron chi connectivity index (χ1n) is 6.32. The largest absolute Gasteiger partial charge is 0.416 e. The minimum absolute atomic E-state index is 0.473. The Labute approximate surface area is 116 Å². The molecule has 2 nitrogen and oxygen atoms in total. The predicted octanol–water partition coefficient (Wildman–Crippen LogP) is 4.27. The summed E-state index contributed by atoms with van der Waals surface area (Å²) in [7, 11) is 1.97. The molecule has 1 N–H and O–H groups in total. The Kier molecular flexibility index (Phi) is 3.79. The molecule has 0 spiro atoms. The van der Waals surface area contributed by atoms with E-state index in [-0.39, 0.29) is 0 Å². The van der Waals surface area contributed by atoms with E-state index in [1.807, 2.05) is 27.0 Å². The molecule has 0 aliphatic rings. The van der Waals surface area contributed by atoms with Gasteiger partial charge in [0.2, 0.25) is 0 Å². The van der Waals surface area contributed by atoms with Gasteiger partial charge in [0.25, 0.3) is 0 Å². The van der Waals surface area contributed by atoms with Crippen molar-refractivity contribution in [2.45, 2.75) is 26.6 Å². The van der Waals surface area contributed by atoms with Crippen LogP contribution in [-0.2, 0) is 19.8 Å². The van der Waals surface area contributed by atoms with Crippen molar-refractivity contribution in [3.05, 3.63) is 52.8 Å². The molecule has 0 bridgehead atoms. The second kappa shape index (κ2) is 5.23. The number of benzene rings is 1. The van der Waals surface area contributed by atoms with E-state index in [0.717, 1.165) is 29.1 Å². The zero-order valence-electron chi connectivity index (χ0n) is 11.7. The maximum atomic E-state index is 12.6. The van der Waals surface area contributed by atoms with Crippen molar-refractivity contribution in [2.24, 2.45) is 7.05 Å². The van der Waals surface area contributed by atoms with Crippen molar-refractivity contribution < 1.29 is 13.2 Å². The lowest BCUT2D eigenvalue weighted by Crippen LogP contribution is -2.06. The van der Waals surface area contributed by atoms with Gasteiger partial charge < -0.3 is 9.88 Å². The number of nitrogens with one attached hydrogen (secondary N) is 1. The number of aromatic nitrogens is 1. The van der Waals surface area contributed by atoms with Gasteiger partial charge in [-0.2, -0.15) is 13.2 Å². The van der Waals surface area contributed by atoms with Crippen LogP contribution in [0.3, 0.4) is 0 Å². The molecule has 0 saturated carbocycles. The summed E-state index contributed by atoms with van der Waals surface area (Å²) in [5.41, 5.74) is 3.16. The van der Waals surface area contributed by atoms with E-state index in [1.54, 1.807) is 6.07 Å². The summed E-state index contributed by atoms with van der Waals surface area (Å²) < 4.78 is 39.9. The summed E-state index contributed by atoms with van der Waals surface area (Å²) in [5, 5.41) is 3.04. The third-order valence-corrected chi connectivity index (χ3v) is 3.55. The first kappa shape index (κ1) is 14.5. The number of hydrogen-bond acceptors (Lipinski definition) is 1. The first-order chi connectivity index (χ1) is 9.29. The highest BCUT2D eigenvalue weighted by atomic mass is 19.4. The van der Waals surface area contributed by atoms with E-state index >= 15 is 0 Å². The van der Waals surface area contributed by atoms with Crippen molar-refractivity contribution >= 4 is 5.69 Å². The van der Waals surface area contributed by atoms with Gasteiger partial charge in [-0.15, -0.1) is 0 Å². The number of rotatable bonds is 3. The summed E-state index contributed by atoms with van der Waals surface area (Å²) in [4.78, 5) is 0. The van der Waals surface area contributed by atoms with Gasteiger partial charge in [-0.3, -0.25) is 0 Å². The Balaban J connectivity index is 2.13. The molecular weight excluding hydrogens is 265 g/mol. The second-order valence-electron chi connectivity index (χ2n) is 4.89. The van der Waals surface area contributed by atoms with Crippen molar-refractivity contribution in [3.8, 4) is 0 Å². The summed E-state index contributed by atoms with van der Waals surface area (Å²) in [5.74, 6) is 0. The van der Waals surface area contributed by atoms with Crippen LogP contribution in [0.5, 0.6) is 0 Å². The van der Waals surface area contributed by atoms with Gasteiger partial charge in [0.15, 0.2) is 0 Å². The van der Waals surface area contributed by atoms with Crippen LogP contribution in [0.4, 0.5) is 18.9 Å². The zero-order valence-corrected chi connectivity index (χ0v) is 11.7. The Hall–Kier alpha value is -1.91. The Morgan fingerprint density at radius 2 is 1.85 bits per heavy atom. The van der Waals surface area contributed by atoms with Gasteiger partial charge in [0.05, 0.1) is 5.56 Å². The number of nitrogens with zero attached hydrogens (tertiary/aromatic N) is 1. The van der Waals surface area contributed by atoms with Crippen molar-refractivity contribution in [2.75, 3.05) is 5.32 Å². The lowest BCUT2D eigenvalue weighted by atomic mass is 10.2. The minimum Gasteiger partial charge on any atom is -0.381 e. The number of hydrogen-bond donors (Lipinski definition) is 1. The van der Waals surface area contributed by atoms with Crippen LogP contribution in [0.1, 0.15) is 22.5 Å². The van der Waals surface area contributed by atoms with Crippen molar-refractivity contribution in [3.63, 3.8) is 0 Å². The zero-order chi connectivity index (χ0) is 14.9. The number of halogens is 3. The molecule has 0 aliphatic heterocycles. The molecule has 0 atom stereocenters. The highest BCUT2D eigenvalue weighted by Gasteiger charge is 2.30. The SMILES string of the molecule is Cc1cc(CNc2cccc(C(F)(F)F)c2)c(C)n1C. The van der Waals surface area contributed by atoms with E-state index in [4.69, 9.17) is 0 Å². The van der Waals surface area contributed by atoms with E-state index in [9.17, 15) is 13.2 Å². The van der Waals surface area contributed by atoms with Crippen LogP contribution >= 0.6 is 0 Å². The van der Waals surface area contributed by atoms with E-state index in [1.165, 1.54) is 6.07 Å². The van der Waals surface area contributed by atoms with E-state index in [0.29, 0.717) is 12.2 Å². The van der Waals surface area contributed by atoms with Crippen LogP contribution < -0.4 is 5.32 Å². The van der Waals surface area contributed by atoms with Gasteiger partial charge in [-0.25, -0.2) is 0 Å². The summed E-state index contributed by atoms with van der Waals surface area (Å²) in [6.45, 7) is 4.51. The van der Waals surface area contributed by atoms with Crippen LogP contribution in [0.25, 0.3) is 0 Å². The first-order valence-corrected chi connectivity index (χ1v) is 6.32. The summed E-state index contributed by atoms with van der Waals surface area (Å²) in [6.07, 6.45) is -4.31. The van der Waals surface area contributed by atoms with Gasteiger partial charge >= 0.3 is 6.18 Å². The number of anilines is 1. The molecule has 0 saturated heterocycles. The van der Waals surface area contributed by atoms with Gasteiger partial charge in [0.1, 0.15) is 0 Å². The molecule has 0 radical (unpaired) electrons. The number of alkyl halides is 3. The smallest absolute Gasteiger partial charge is 0.381 e. The maximum absolute atomic E-state index is 12.6. The Morgan fingerprint density at radius 3 is 2.40 bits per heavy atom. The second-order valence-corrected chi connectivity index (χ2v) is 4.89. The minimum atomic E-state index is -4.31. The molecule has 2 aromatic rings. The quantitative estimate of drug-likeness (QED) is 0.889. The highest BCUT2D eigenvalue weighted by molar-refractivity contribution is 5.47. The average molecular weight is 282 g/mol. The van der Waals surface area contributed by atoms with Gasteiger partial charge in [-0.1, -0.05) is 6.07 Å². The normalized spacial score (nSPS) is 11.7. The predicted molar refractivity (Wildman–Crippen MR) is 73.7 cm³/mol. The van der Waals surface area contributed by atoms with Crippen LogP contribution in [0.2, 0.25) is 0 Å². The van der Waals surface area contributed by atoms with E-state index < -0.39 is 11.7 Å². The molecule has 20 heavy (non-hydrogen) atoms. The third-order valence-electron chi connectivity index (χ3n) is 3.55. The molecule has 5 heteroatoms. The topological polar surface area (TPSA) is 17.0 Å². The summed E-state index contributed by atoms with van der Waals surface area (Å²) >= 11 is 0. The standard InChI is InChI=1S/C15H17F3N2/c1-10-7-12(11(2)20(10)3)9-19-14-6-4-5-13(8-14)15(16,17)18/h4-8,19H,9H2,1-3H3. The molecule has 108 valence electrons. The summed E-state index contributed by atoms with van der Waals surface area (Å²) in [6, 6.07) is 7.29. The third kappa shape index (κ3) is 2.98. The molecule has 0 unspecified atom stereocenters. The van der Waals surface area contributed by atoms with Gasteiger partial charge in [-0.05, 0) is 43.7 Å². The lowest BCUT2D eigenvalue weighted by molar-refractivity contribution is -0.137. The monoisotopic (exact) mass is 282 g/mol. The van der Waals surface area contributed by atoms with Crippen LogP contribution in [0, 0.1) is 13.8 Å². The molecule has 1 aromatic heterocycles. The molecule has 2 rings (SSSR count). The Bertz CT molecular complexity index is 612. The number of aryl methyl sites for hydroxylation is 1. The molecule has 1 heterocycles. The fourth-order valence-electron chi connectivity index (χ4n) is 2.12. The van der Waals surface area contributed by atoms with Crippen LogP contribution in [-0.4, -0.2) is 4.57 Å². The fourth-order valence-corrected chi connectivity index (χ4v) is 2.12. The Morgan fingerprint density at radius 1 is 1.15 bits per heavy atom. The molecule has 0 amide bonds. The molecule has 0 fully saturated rings. The molecule has 1 aromatic carbocycles. The molecule has 0 aliphatic carbocycles. The lowest BCUT2D eigenvalue weighted by Gasteiger charge is -2.10. The van der Waals surface area contributed by atoms with Gasteiger partial charge in [0, 0.05) is 30.7 Å². The van der Waals surface area contributed by atoms with Crippen LogP contribution in [0.15, 0.2) is 30.3 Å².